The van der Waals surface area contributed by atoms with E-state index in [1.165, 1.54) is 0 Å². The quantitative estimate of drug-likeness (QED) is 0.483. The van der Waals surface area contributed by atoms with E-state index in [-0.39, 0.29) is 12.4 Å². The van der Waals surface area contributed by atoms with E-state index >= 15 is 0 Å². The molecule has 0 spiro atoms. The van der Waals surface area contributed by atoms with Crippen LogP contribution < -0.4 is 0 Å². The number of nitrogens with one attached hydrogen (secondary N) is 1. The molecular formula is C18H13ClN2O3S. The molecule has 0 radical (unpaired) electrons. The smallest absolute Gasteiger partial charge is 0.313 e. The number of nitrogens with zero attached hydrogens (tertiary/aromatic N) is 1. The number of hydrogen-bond donors (Lipinski definition) is 3. The van der Waals surface area contributed by atoms with Gasteiger partial charge in [-0.2, -0.15) is 0 Å². The van der Waals surface area contributed by atoms with E-state index in [4.69, 9.17) is 21.8 Å². The molecule has 0 saturated carbocycles. The van der Waals surface area contributed by atoms with E-state index < -0.39 is 5.97 Å². The molecule has 0 aliphatic heterocycles. The summed E-state index contributed by atoms with van der Waals surface area (Å²) in [6.07, 6.45) is 0. The SMILES string of the molecule is O=C(O)CSc1nc2cc(C#Cc3ccc(CO)cc3)c(Cl)cc2[nH]1. The second-order valence-electron chi connectivity index (χ2n) is 5.18. The number of thioether (sulfide) groups is 1. The first kappa shape index (κ1) is 17.4. The number of aliphatic carboxylic acids is 1. The minimum absolute atomic E-state index is 0.00239. The largest absolute Gasteiger partial charge is 0.481 e. The summed E-state index contributed by atoms with van der Waals surface area (Å²) in [4.78, 5) is 18.0. The number of imidazole rings is 1. The second-order valence-corrected chi connectivity index (χ2v) is 6.55. The summed E-state index contributed by atoms with van der Waals surface area (Å²) in [5, 5.41) is 18.8. The van der Waals surface area contributed by atoms with Crippen LogP contribution in [0.1, 0.15) is 16.7 Å². The summed E-state index contributed by atoms with van der Waals surface area (Å²) < 4.78 is 0. The monoisotopic (exact) mass is 372 g/mol. The third-order valence-corrected chi connectivity index (χ3v) is 4.53. The lowest BCUT2D eigenvalue weighted by Crippen LogP contribution is -1.97. The fraction of sp³-hybridized carbons (Fsp3) is 0.111. The fourth-order valence-electron chi connectivity index (χ4n) is 2.13. The van der Waals surface area contributed by atoms with Crippen molar-refractivity contribution >= 4 is 40.4 Å². The lowest BCUT2D eigenvalue weighted by atomic mass is 10.1. The number of halogens is 1. The van der Waals surface area contributed by atoms with Crippen LogP contribution >= 0.6 is 23.4 Å². The van der Waals surface area contributed by atoms with Gasteiger partial charge in [-0.15, -0.1) is 0 Å². The first-order valence-corrected chi connectivity index (χ1v) is 8.67. The molecule has 0 bridgehead atoms. The van der Waals surface area contributed by atoms with Crippen molar-refractivity contribution in [2.75, 3.05) is 5.75 Å². The Morgan fingerprint density at radius 2 is 2.00 bits per heavy atom. The molecule has 5 nitrogen and oxygen atoms in total. The van der Waals surface area contributed by atoms with Crippen LogP contribution in [-0.4, -0.2) is 31.9 Å². The van der Waals surface area contributed by atoms with Gasteiger partial charge in [-0.1, -0.05) is 47.3 Å². The molecule has 25 heavy (non-hydrogen) atoms. The summed E-state index contributed by atoms with van der Waals surface area (Å²) in [5.41, 5.74) is 3.69. The number of carboxylic acids is 1. The van der Waals surface area contributed by atoms with Crippen LogP contribution in [0.3, 0.4) is 0 Å². The Balaban J connectivity index is 1.87. The minimum atomic E-state index is -0.901. The van der Waals surface area contributed by atoms with Crippen molar-refractivity contribution in [1.82, 2.24) is 9.97 Å². The number of fused-ring (bicyclic) bond motifs is 1. The Hall–Kier alpha value is -2.46. The highest BCUT2D eigenvalue weighted by atomic mass is 35.5. The van der Waals surface area contributed by atoms with Crippen molar-refractivity contribution in [3.8, 4) is 11.8 Å². The Morgan fingerprint density at radius 3 is 2.68 bits per heavy atom. The normalized spacial score (nSPS) is 10.5. The molecule has 3 rings (SSSR count). The van der Waals surface area contributed by atoms with Crippen LogP contribution in [0.15, 0.2) is 41.6 Å². The van der Waals surface area contributed by atoms with Crippen molar-refractivity contribution in [1.29, 1.82) is 0 Å². The maximum atomic E-state index is 10.6. The molecule has 126 valence electrons. The number of aliphatic hydroxyl groups is 1. The molecule has 0 saturated heterocycles. The van der Waals surface area contributed by atoms with E-state index in [1.807, 2.05) is 24.3 Å². The van der Waals surface area contributed by atoms with E-state index in [9.17, 15) is 4.79 Å². The van der Waals surface area contributed by atoms with E-state index in [2.05, 4.69) is 21.8 Å². The van der Waals surface area contributed by atoms with Gasteiger partial charge in [-0.3, -0.25) is 4.79 Å². The van der Waals surface area contributed by atoms with Crippen LogP contribution in [-0.2, 0) is 11.4 Å². The summed E-state index contributed by atoms with van der Waals surface area (Å²) in [6, 6.07) is 10.8. The molecule has 0 aliphatic rings. The third kappa shape index (κ3) is 4.34. The molecule has 1 aromatic heterocycles. The molecular weight excluding hydrogens is 360 g/mol. The summed E-state index contributed by atoms with van der Waals surface area (Å²) in [5.74, 6) is 5.08. The Bertz CT molecular complexity index is 987. The van der Waals surface area contributed by atoms with Gasteiger partial charge >= 0.3 is 5.97 Å². The number of carbonyl (C=O) groups is 1. The highest BCUT2D eigenvalue weighted by Gasteiger charge is 2.08. The zero-order valence-electron chi connectivity index (χ0n) is 12.9. The Morgan fingerprint density at radius 1 is 1.24 bits per heavy atom. The number of aromatic nitrogens is 2. The number of carboxylic acid groups (broad SMARTS) is 1. The number of rotatable bonds is 4. The van der Waals surface area contributed by atoms with Crippen LogP contribution in [0.4, 0.5) is 0 Å². The molecule has 3 aromatic rings. The minimum Gasteiger partial charge on any atom is -0.481 e. The van der Waals surface area contributed by atoms with Gasteiger partial charge in [0.2, 0.25) is 0 Å². The zero-order valence-corrected chi connectivity index (χ0v) is 14.5. The predicted octanol–water partition coefficient (Wildman–Crippen LogP) is 3.29. The summed E-state index contributed by atoms with van der Waals surface area (Å²) in [6.45, 7) is -0.00239. The second kappa shape index (κ2) is 7.62. The molecule has 7 heteroatoms. The molecule has 0 amide bonds. The first-order valence-electron chi connectivity index (χ1n) is 7.31. The Kier molecular flexibility index (Phi) is 5.29. The van der Waals surface area contributed by atoms with Gasteiger partial charge < -0.3 is 15.2 Å². The van der Waals surface area contributed by atoms with Crippen LogP contribution in [0.5, 0.6) is 0 Å². The van der Waals surface area contributed by atoms with E-state index in [1.54, 1.807) is 12.1 Å². The van der Waals surface area contributed by atoms with E-state index in [0.29, 0.717) is 21.3 Å². The molecule has 3 N–H and O–H groups in total. The van der Waals surface area contributed by atoms with Gasteiger partial charge in [-0.25, -0.2) is 4.98 Å². The van der Waals surface area contributed by atoms with Gasteiger partial charge in [0.25, 0.3) is 0 Å². The van der Waals surface area contributed by atoms with Crippen molar-refractivity contribution in [3.05, 3.63) is 58.1 Å². The number of hydrogen-bond acceptors (Lipinski definition) is 4. The number of H-pyrrole nitrogens is 1. The number of benzene rings is 2. The fourth-order valence-corrected chi connectivity index (χ4v) is 2.95. The average molecular weight is 373 g/mol. The molecule has 2 aromatic carbocycles. The van der Waals surface area contributed by atoms with Crippen molar-refractivity contribution in [2.24, 2.45) is 0 Å². The van der Waals surface area contributed by atoms with Gasteiger partial charge in [0, 0.05) is 11.1 Å². The summed E-state index contributed by atoms with van der Waals surface area (Å²) >= 11 is 7.38. The zero-order chi connectivity index (χ0) is 17.8. The van der Waals surface area contributed by atoms with Crippen molar-refractivity contribution in [2.45, 2.75) is 11.8 Å². The molecule has 0 atom stereocenters. The average Bonchev–Trinajstić information content (AvgIpc) is 3.00. The van der Waals surface area contributed by atoms with Crippen LogP contribution in [0, 0.1) is 11.8 Å². The van der Waals surface area contributed by atoms with Gasteiger partial charge in [-0.05, 0) is 29.8 Å². The summed E-state index contributed by atoms with van der Waals surface area (Å²) in [7, 11) is 0. The molecule has 0 unspecified atom stereocenters. The van der Waals surface area contributed by atoms with Gasteiger partial charge in [0.15, 0.2) is 5.16 Å². The number of aromatic amines is 1. The molecule has 0 aliphatic carbocycles. The lowest BCUT2D eigenvalue weighted by molar-refractivity contribution is -0.133. The third-order valence-electron chi connectivity index (χ3n) is 3.36. The molecule has 0 fully saturated rings. The van der Waals surface area contributed by atoms with E-state index in [0.717, 1.165) is 28.4 Å². The standard InChI is InChI=1S/C18H13ClN2O3S/c19-14-8-16-15(20-18(21-16)25-10-17(23)24)7-13(14)6-5-11-1-3-12(9-22)4-2-11/h1-4,7-8,22H,9-10H2,(H,20,21)(H,23,24). The van der Waals surface area contributed by atoms with Gasteiger partial charge in [0.1, 0.15) is 0 Å². The first-order chi connectivity index (χ1) is 12.0. The van der Waals surface area contributed by atoms with Crippen LogP contribution in [0.25, 0.3) is 11.0 Å². The topological polar surface area (TPSA) is 86.2 Å². The maximum absolute atomic E-state index is 10.6. The highest BCUT2D eigenvalue weighted by Crippen LogP contribution is 2.25. The number of aliphatic hydroxyl groups excluding tert-OH is 1. The Labute approximate surface area is 153 Å². The van der Waals surface area contributed by atoms with Crippen molar-refractivity contribution in [3.63, 3.8) is 0 Å². The molecule has 1 heterocycles. The van der Waals surface area contributed by atoms with Crippen molar-refractivity contribution < 1.29 is 15.0 Å². The lowest BCUT2D eigenvalue weighted by Gasteiger charge is -1.97. The van der Waals surface area contributed by atoms with Gasteiger partial charge in [0.05, 0.1) is 28.4 Å². The predicted molar refractivity (Wildman–Crippen MR) is 97.8 cm³/mol. The van der Waals surface area contributed by atoms with Crippen LogP contribution in [0.2, 0.25) is 5.02 Å². The maximum Gasteiger partial charge on any atom is 0.313 e. The highest BCUT2D eigenvalue weighted by molar-refractivity contribution is 7.99.